The van der Waals surface area contributed by atoms with Crippen molar-refractivity contribution in [3.8, 4) is 0 Å². The third-order valence-electron chi connectivity index (χ3n) is 4.70. The van der Waals surface area contributed by atoms with Crippen LogP contribution in [0.4, 0.5) is 18.9 Å². The number of benzene rings is 1. The summed E-state index contributed by atoms with van der Waals surface area (Å²) in [6.07, 6.45) is -2.21. The van der Waals surface area contributed by atoms with Gasteiger partial charge in [0.25, 0.3) is 5.91 Å². The van der Waals surface area contributed by atoms with Crippen molar-refractivity contribution in [1.82, 2.24) is 19.7 Å². The largest absolute Gasteiger partial charge is 0.447 e. The Morgan fingerprint density at radius 3 is 2.66 bits per heavy atom. The number of nitrogens with one attached hydrogen (secondary N) is 1. The molecule has 3 heterocycles. The van der Waals surface area contributed by atoms with E-state index in [4.69, 9.17) is 10.2 Å². The van der Waals surface area contributed by atoms with Crippen LogP contribution in [-0.4, -0.2) is 31.6 Å². The molecule has 0 saturated carbocycles. The fourth-order valence-corrected chi connectivity index (χ4v) is 3.18. The molecule has 0 saturated heterocycles. The van der Waals surface area contributed by atoms with E-state index in [-0.39, 0.29) is 29.4 Å². The highest BCUT2D eigenvalue weighted by molar-refractivity contribution is 6.10. The number of hydrogen-bond donors (Lipinski definition) is 2. The Labute approximate surface area is 178 Å². The first-order valence-corrected chi connectivity index (χ1v) is 9.19. The predicted octanol–water partition coefficient (Wildman–Crippen LogP) is 3.15. The molecule has 0 unspecified atom stereocenters. The molecule has 0 aliphatic heterocycles. The second-order valence-corrected chi connectivity index (χ2v) is 6.78. The zero-order chi connectivity index (χ0) is 23.0. The highest BCUT2D eigenvalue weighted by atomic mass is 19.4. The average molecular weight is 444 g/mol. The van der Waals surface area contributed by atoms with Gasteiger partial charge in [0, 0.05) is 5.39 Å². The van der Waals surface area contributed by atoms with E-state index in [1.54, 1.807) is 24.3 Å². The second-order valence-electron chi connectivity index (χ2n) is 6.78. The van der Waals surface area contributed by atoms with E-state index < -0.39 is 29.4 Å². The van der Waals surface area contributed by atoms with Crippen LogP contribution in [0.25, 0.3) is 10.9 Å². The minimum atomic E-state index is -4.84. The number of anilines is 1. The molecule has 32 heavy (non-hydrogen) atoms. The normalized spacial score (nSPS) is 11.6. The standard InChI is InChI=1S/C20H15F3N6O3/c1-10-16(17(20(21,22)23)28-29(10)9-15-25-6-7-32-15)27-19(31)14-8-12(18(24)30)11-4-2-3-5-13(11)26-14/h2-8H,9H2,1H3,(H2,24,30)(H,27,31). The molecule has 0 atom stereocenters. The summed E-state index contributed by atoms with van der Waals surface area (Å²) in [5.41, 5.74) is 3.64. The third-order valence-corrected chi connectivity index (χ3v) is 4.70. The van der Waals surface area contributed by atoms with Gasteiger partial charge in [0.1, 0.15) is 18.5 Å². The van der Waals surface area contributed by atoms with E-state index in [1.165, 1.54) is 19.4 Å². The Kier molecular flexibility index (Phi) is 5.12. The second kappa shape index (κ2) is 7.80. The third kappa shape index (κ3) is 3.89. The number of rotatable bonds is 5. The number of nitrogens with zero attached hydrogens (tertiary/aromatic N) is 4. The van der Waals surface area contributed by atoms with Crippen molar-refractivity contribution < 1.29 is 27.2 Å². The van der Waals surface area contributed by atoms with Gasteiger partial charge in [-0.25, -0.2) is 9.97 Å². The average Bonchev–Trinajstić information content (AvgIpc) is 3.36. The molecule has 0 aliphatic carbocycles. The Balaban J connectivity index is 1.74. The number of nitrogens with two attached hydrogens (primary N) is 1. The molecule has 0 radical (unpaired) electrons. The van der Waals surface area contributed by atoms with E-state index in [9.17, 15) is 22.8 Å². The summed E-state index contributed by atoms with van der Waals surface area (Å²) in [6, 6.07) is 7.60. The minimum Gasteiger partial charge on any atom is -0.447 e. The van der Waals surface area contributed by atoms with Gasteiger partial charge in [-0.05, 0) is 19.1 Å². The zero-order valence-corrected chi connectivity index (χ0v) is 16.5. The maximum Gasteiger partial charge on any atom is 0.437 e. The molecule has 0 bridgehead atoms. The molecule has 4 aromatic rings. The Morgan fingerprint density at radius 1 is 1.25 bits per heavy atom. The molecule has 12 heteroatoms. The fourth-order valence-electron chi connectivity index (χ4n) is 3.18. The number of fused-ring (bicyclic) bond motifs is 1. The van der Waals surface area contributed by atoms with Crippen molar-refractivity contribution >= 4 is 28.4 Å². The number of carbonyl (C=O) groups excluding carboxylic acids is 2. The van der Waals surface area contributed by atoms with Gasteiger partial charge >= 0.3 is 6.18 Å². The number of halogens is 3. The molecule has 0 fully saturated rings. The van der Waals surface area contributed by atoms with E-state index in [2.05, 4.69) is 20.4 Å². The van der Waals surface area contributed by atoms with Crippen LogP contribution in [0, 0.1) is 6.92 Å². The Bertz CT molecular complexity index is 1330. The lowest BCUT2D eigenvalue weighted by Crippen LogP contribution is -2.19. The molecule has 4 rings (SSSR count). The summed E-state index contributed by atoms with van der Waals surface area (Å²) in [5, 5.41) is 6.22. The first kappa shape index (κ1) is 21.0. The highest BCUT2D eigenvalue weighted by Crippen LogP contribution is 2.36. The predicted molar refractivity (Wildman–Crippen MR) is 106 cm³/mol. The number of amides is 2. The maximum atomic E-state index is 13.6. The van der Waals surface area contributed by atoms with Gasteiger partial charge in [-0.1, -0.05) is 18.2 Å². The van der Waals surface area contributed by atoms with Gasteiger partial charge in [-0.15, -0.1) is 0 Å². The smallest absolute Gasteiger partial charge is 0.437 e. The van der Waals surface area contributed by atoms with Crippen LogP contribution in [0.5, 0.6) is 0 Å². The van der Waals surface area contributed by atoms with Crippen LogP contribution < -0.4 is 11.1 Å². The van der Waals surface area contributed by atoms with E-state index in [0.717, 1.165) is 10.7 Å². The quantitative estimate of drug-likeness (QED) is 0.487. The van der Waals surface area contributed by atoms with Crippen LogP contribution in [0.3, 0.4) is 0 Å². The molecular formula is C20H15F3N6O3. The van der Waals surface area contributed by atoms with Crippen molar-refractivity contribution in [1.29, 1.82) is 0 Å². The summed E-state index contributed by atoms with van der Waals surface area (Å²) >= 11 is 0. The molecule has 3 N–H and O–H groups in total. The number of carbonyl (C=O) groups is 2. The van der Waals surface area contributed by atoms with E-state index in [0.29, 0.717) is 10.9 Å². The summed E-state index contributed by atoms with van der Waals surface area (Å²) in [5.74, 6) is -1.62. The van der Waals surface area contributed by atoms with Crippen LogP contribution in [0.2, 0.25) is 0 Å². The van der Waals surface area contributed by atoms with Gasteiger partial charge in [0.15, 0.2) is 5.69 Å². The van der Waals surface area contributed by atoms with Gasteiger partial charge in [0.05, 0.1) is 28.7 Å². The number of pyridine rings is 1. The van der Waals surface area contributed by atoms with Crippen molar-refractivity contribution in [2.45, 2.75) is 19.6 Å². The summed E-state index contributed by atoms with van der Waals surface area (Å²) < 4.78 is 46.9. The van der Waals surface area contributed by atoms with Crippen molar-refractivity contribution in [2.24, 2.45) is 5.73 Å². The van der Waals surface area contributed by atoms with Gasteiger partial charge in [-0.3, -0.25) is 14.3 Å². The van der Waals surface area contributed by atoms with Gasteiger partial charge < -0.3 is 15.5 Å². The maximum absolute atomic E-state index is 13.6. The number of hydrogen-bond acceptors (Lipinski definition) is 6. The SMILES string of the molecule is Cc1c(NC(=O)c2cc(C(N)=O)c3ccccc3n2)c(C(F)(F)F)nn1Cc1ncco1. The fraction of sp³-hybridized carbons (Fsp3) is 0.150. The number of aromatic nitrogens is 4. The van der Waals surface area contributed by atoms with Crippen LogP contribution in [-0.2, 0) is 12.7 Å². The molecule has 1 aromatic carbocycles. The summed E-state index contributed by atoms with van der Waals surface area (Å²) in [4.78, 5) is 32.7. The van der Waals surface area contributed by atoms with Crippen molar-refractivity contribution in [3.63, 3.8) is 0 Å². The number of primary amides is 1. The van der Waals surface area contributed by atoms with E-state index in [1.807, 2.05) is 0 Å². The van der Waals surface area contributed by atoms with Crippen LogP contribution in [0.15, 0.2) is 47.2 Å². The summed E-state index contributed by atoms with van der Waals surface area (Å²) in [6.45, 7) is 1.20. The molecule has 2 amide bonds. The first-order valence-electron chi connectivity index (χ1n) is 9.19. The molecule has 0 spiro atoms. The number of para-hydroxylation sites is 1. The molecule has 9 nitrogen and oxygen atoms in total. The lowest BCUT2D eigenvalue weighted by atomic mass is 10.1. The zero-order valence-electron chi connectivity index (χ0n) is 16.5. The lowest BCUT2D eigenvalue weighted by Gasteiger charge is -2.10. The molecule has 164 valence electrons. The Hall–Kier alpha value is -4.22. The molecule has 0 aliphatic rings. The topological polar surface area (TPSA) is 129 Å². The lowest BCUT2D eigenvalue weighted by molar-refractivity contribution is -0.140. The number of oxazole rings is 1. The summed E-state index contributed by atoms with van der Waals surface area (Å²) in [7, 11) is 0. The van der Waals surface area contributed by atoms with Gasteiger partial charge in [-0.2, -0.15) is 18.3 Å². The van der Waals surface area contributed by atoms with Gasteiger partial charge in [0.2, 0.25) is 11.8 Å². The number of alkyl halides is 3. The van der Waals surface area contributed by atoms with Crippen molar-refractivity contribution in [3.05, 3.63) is 71.3 Å². The van der Waals surface area contributed by atoms with E-state index >= 15 is 0 Å². The molecular weight excluding hydrogens is 429 g/mol. The molecule has 3 aromatic heterocycles. The first-order chi connectivity index (χ1) is 15.1. The van der Waals surface area contributed by atoms with Crippen molar-refractivity contribution in [2.75, 3.05) is 5.32 Å². The Morgan fingerprint density at radius 2 is 2.00 bits per heavy atom. The monoisotopic (exact) mass is 444 g/mol. The van der Waals surface area contributed by atoms with Crippen LogP contribution in [0.1, 0.15) is 38.1 Å². The van der Waals surface area contributed by atoms with Crippen LogP contribution >= 0.6 is 0 Å². The minimum absolute atomic E-state index is 0.0214. The highest BCUT2D eigenvalue weighted by Gasteiger charge is 2.39.